The van der Waals surface area contributed by atoms with Crippen LogP contribution in [0.25, 0.3) is 16.8 Å². The molecular formula is C16H16N6O2. The van der Waals surface area contributed by atoms with E-state index < -0.39 is 0 Å². The van der Waals surface area contributed by atoms with Gasteiger partial charge in [0.1, 0.15) is 11.8 Å². The van der Waals surface area contributed by atoms with E-state index in [1.54, 1.807) is 27.9 Å². The summed E-state index contributed by atoms with van der Waals surface area (Å²) < 4.78 is 1.63. The molecule has 0 spiro atoms. The van der Waals surface area contributed by atoms with Crippen LogP contribution in [0.1, 0.15) is 10.4 Å². The average molecular weight is 324 g/mol. The smallest absolute Gasteiger partial charge is 0.256 e. The zero-order valence-corrected chi connectivity index (χ0v) is 12.8. The maximum absolute atomic E-state index is 12.8. The van der Waals surface area contributed by atoms with E-state index in [2.05, 4.69) is 15.1 Å². The van der Waals surface area contributed by atoms with Gasteiger partial charge in [0.15, 0.2) is 5.82 Å². The monoisotopic (exact) mass is 324 g/mol. The summed E-state index contributed by atoms with van der Waals surface area (Å²) >= 11 is 0. The van der Waals surface area contributed by atoms with Crippen molar-refractivity contribution in [1.29, 1.82) is 0 Å². The number of carbonyl (C=O) groups excluding carboxylic acids is 1. The second-order valence-electron chi connectivity index (χ2n) is 5.84. The van der Waals surface area contributed by atoms with Gasteiger partial charge in [0, 0.05) is 43.6 Å². The predicted molar refractivity (Wildman–Crippen MR) is 87.1 cm³/mol. The number of nitrogen functional groups attached to an aromatic ring is 1. The molecule has 8 heteroatoms. The molecule has 0 radical (unpaired) electrons. The van der Waals surface area contributed by atoms with E-state index in [0.717, 1.165) is 11.3 Å². The second kappa shape index (κ2) is 5.57. The first-order valence-corrected chi connectivity index (χ1v) is 7.61. The summed E-state index contributed by atoms with van der Waals surface area (Å²) in [7, 11) is 0. The van der Waals surface area contributed by atoms with Gasteiger partial charge in [-0.3, -0.25) is 9.78 Å². The minimum Gasteiger partial charge on any atom is -0.396 e. The lowest BCUT2D eigenvalue weighted by Crippen LogP contribution is -2.51. The van der Waals surface area contributed by atoms with Crippen LogP contribution in [-0.2, 0) is 0 Å². The van der Waals surface area contributed by atoms with Crippen molar-refractivity contribution in [3.8, 4) is 11.3 Å². The van der Waals surface area contributed by atoms with Crippen molar-refractivity contribution in [2.24, 2.45) is 5.92 Å². The molecule has 0 saturated carbocycles. The zero-order chi connectivity index (χ0) is 16.7. The van der Waals surface area contributed by atoms with Crippen LogP contribution in [0.5, 0.6) is 0 Å². The summed E-state index contributed by atoms with van der Waals surface area (Å²) in [6, 6.07) is 5.48. The molecule has 3 aromatic rings. The highest BCUT2D eigenvalue weighted by molar-refractivity contribution is 6.05. The largest absolute Gasteiger partial charge is 0.396 e. The van der Waals surface area contributed by atoms with Gasteiger partial charge in [-0.25, -0.2) is 9.50 Å². The quantitative estimate of drug-likeness (QED) is 0.723. The van der Waals surface area contributed by atoms with Gasteiger partial charge < -0.3 is 15.7 Å². The van der Waals surface area contributed by atoms with Crippen LogP contribution in [0.4, 0.5) is 5.82 Å². The highest BCUT2D eigenvalue weighted by Crippen LogP contribution is 2.29. The number of rotatable bonds is 3. The SMILES string of the molecule is Nc1ncnn2c(-c3ccncc3)cc(C(=O)N3CC(CO)C3)c12. The molecule has 8 nitrogen and oxygen atoms in total. The Kier molecular flexibility index (Phi) is 3.39. The first-order valence-electron chi connectivity index (χ1n) is 7.61. The van der Waals surface area contributed by atoms with Crippen LogP contribution >= 0.6 is 0 Å². The fourth-order valence-corrected chi connectivity index (χ4v) is 2.98. The number of aliphatic hydroxyl groups is 1. The minimum absolute atomic E-state index is 0.0911. The van der Waals surface area contributed by atoms with Gasteiger partial charge in [-0.05, 0) is 18.2 Å². The topological polar surface area (TPSA) is 110 Å². The van der Waals surface area contributed by atoms with E-state index in [9.17, 15) is 4.79 Å². The molecule has 0 bridgehead atoms. The molecule has 0 unspecified atom stereocenters. The van der Waals surface area contributed by atoms with E-state index in [-0.39, 0.29) is 24.2 Å². The highest BCUT2D eigenvalue weighted by Gasteiger charge is 2.33. The summed E-state index contributed by atoms with van der Waals surface area (Å²) in [6.45, 7) is 1.18. The van der Waals surface area contributed by atoms with Gasteiger partial charge >= 0.3 is 0 Å². The fourth-order valence-electron chi connectivity index (χ4n) is 2.98. The third-order valence-electron chi connectivity index (χ3n) is 4.29. The summed E-state index contributed by atoms with van der Waals surface area (Å²) in [4.78, 5) is 22.5. The van der Waals surface area contributed by atoms with E-state index in [4.69, 9.17) is 10.8 Å². The maximum Gasteiger partial charge on any atom is 0.256 e. The Bertz CT molecular complexity index is 902. The number of aromatic nitrogens is 4. The van der Waals surface area contributed by atoms with Crippen molar-refractivity contribution in [3.05, 3.63) is 42.5 Å². The van der Waals surface area contributed by atoms with Crippen LogP contribution in [0.15, 0.2) is 36.9 Å². The Labute approximate surface area is 137 Å². The van der Waals surface area contributed by atoms with Crippen LogP contribution in [0, 0.1) is 5.92 Å². The first-order chi connectivity index (χ1) is 11.7. The van der Waals surface area contributed by atoms with Crippen molar-refractivity contribution in [3.63, 3.8) is 0 Å². The van der Waals surface area contributed by atoms with Gasteiger partial charge in [0.05, 0.1) is 11.3 Å². The van der Waals surface area contributed by atoms with Gasteiger partial charge in [-0.1, -0.05) is 0 Å². The zero-order valence-electron chi connectivity index (χ0n) is 12.8. The van der Waals surface area contributed by atoms with Crippen molar-refractivity contribution in [2.75, 3.05) is 25.4 Å². The Morgan fingerprint density at radius 1 is 1.33 bits per heavy atom. The summed E-state index contributed by atoms with van der Waals surface area (Å²) in [5.74, 6) is 0.281. The number of nitrogens with two attached hydrogens (primary N) is 1. The number of amides is 1. The first kappa shape index (κ1) is 14.6. The van der Waals surface area contributed by atoms with Gasteiger partial charge in [-0.15, -0.1) is 0 Å². The van der Waals surface area contributed by atoms with Crippen molar-refractivity contribution >= 4 is 17.2 Å². The molecule has 0 atom stereocenters. The molecule has 1 aliphatic heterocycles. The molecule has 4 rings (SSSR count). The number of carbonyl (C=O) groups is 1. The normalized spacial score (nSPS) is 14.8. The predicted octanol–water partition coefficient (Wildman–Crippen LogP) is 0.438. The number of pyridine rings is 1. The molecule has 0 aliphatic carbocycles. The number of anilines is 1. The lowest BCUT2D eigenvalue weighted by atomic mass is 10.00. The van der Waals surface area contributed by atoms with Crippen LogP contribution < -0.4 is 5.73 Å². The number of aliphatic hydroxyl groups excluding tert-OH is 1. The van der Waals surface area contributed by atoms with Gasteiger partial charge in [0.2, 0.25) is 0 Å². The Hall–Kier alpha value is -3.00. The number of hydrogen-bond acceptors (Lipinski definition) is 6. The molecule has 1 saturated heterocycles. The molecule has 0 aromatic carbocycles. The van der Waals surface area contributed by atoms with Gasteiger partial charge in [-0.2, -0.15) is 5.10 Å². The summed E-state index contributed by atoms with van der Waals surface area (Å²) in [5, 5.41) is 13.4. The second-order valence-corrected chi connectivity index (χ2v) is 5.84. The van der Waals surface area contributed by atoms with E-state index in [1.165, 1.54) is 6.33 Å². The van der Waals surface area contributed by atoms with Crippen molar-refractivity contribution < 1.29 is 9.90 Å². The van der Waals surface area contributed by atoms with E-state index in [0.29, 0.717) is 24.2 Å². The molecule has 1 aliphatic rings. The van der Waals surface area contributed by atoms with Crippen LogP contribution in [0.2, 0.25) is 0 Å². The molecule has 1 amide bonds. The average Bonchev–Trinajstić information content (AvgIpc) is 2.96. The molecule has 1 fully saturated rings. The van der Waals surface area contributed by atoms with Gasteiger partial charge in [0.25, 0.3) is 5.91 Å². The molecule has 4 heterocycles. The summed E-state index contributed by atoms with van der Waals surface area (Å²) in [6.07, 6.45) is 4.73. The minimum atomic E-state index is -0.126. The molecular weight excluding hydrogens is 308 g/mol. The molecule has 24 heavy (non-hydrogen) atoms. The van der Waals surface area contributed by atoms with E-state index in [1.807, 2.05) is 12.1 Å². The maximum atomic E-state index is 12.8. The third kappa shape index (κ3) is 2.19. The molecule has 122 valence electrons. The Balaban J connectivity index is 1.83. The van der Waals surface area contributed by atoms with Crippen molar-refractivity contribution in [1.82, 2.24) is 24.5 Å². The Morgan fingerprint density at radius 2 is 2.08 bits per heavy atom. The standard InChI is InChI=1S/C16H16N6O2/c17-15-14-12(16(24)21-6-10(7-21)8-23)5-13(22(14)20-9-19-15)11-1-3-18-4-2-11/h1-5,9-10,23H,6-8H2,(H2,17,19,20). The van der Waals surface area contributed by atoms with Crippen molar-refractivity contribution in [2.45, 2.75) is 0 Å². The number of nitrogens with zero attached hydrogens (tertiary/aromatic N) is 5. The Morgan fingerprint density at radius 3 is 2.79 bits per heavy atom. The molecule has 3 N–H and O–H groups in total. The number of hydrogen-bond donors (Lipinski definition) is 2. The fraction of sp³-hybridized carbons (Fsp3) is 0.250. The van der Waals surface area contributed by atoms with Crippen LogP contribution in [0.3, 0.4) is 0 Å². The lowest BCUT2D eigenvalue weighted by Gasteiger charge is -2.38. The molecule has 3 aromatic heterocycles. The highest BCUT2D eigenvalue weighted by atomic mass is 16.3. The summed E-state index contributed by atoms with van der Waals surface area (Å²) in [5.41, 5.74) is 8.61. The number of fused-ring (bicyclic) bond motifs is 1. The lowest BCUT2D eigenvalue weighted by molar-refractivity contribution is 0.0364. The third-order valence-corrected chi connectivity index (χ3v) is 4.29. The van der Waals surface area contributed by atoms with Crippen LogP contribution in [-0.4, -0.2) is 55.2 Å². The number of likely N-dealkylation sites (tertiary alicyclic amines) is 1. The van der Waals surface area contributed by atoms with E-state index >= 15 is 0 Å².